The fourth-order valence-electron chi connectivity index (χ4n) is 1.58. The third kappa shape index (κ3) is 1.81. The first-order valence-corrected chi connectivity index (χ1v) is 4.78. The van der Waals surface area contributed by atoms with Crippen molar-refractivity contribution in [3.8, 4) is 0 Å². The number of hydrogen-bond acceptors (Lipinski definition) is 2. The van der Waals surface area contributed by atoms with E-state index in [2.05, 4.69) is 0 Å². The zero-order valence-electron chi connectivity index (χ0n) is 9.53. The average molecular weight is 194 g/mol. The molecule has 14 heavy (non-hydrogen) atoms. The van der Waals surface area contributed by atoms with Crippen molar-refractivity contribution in [3.63, 3.8) is 0 Å². The minimum absolute atomic E-state index is 0.103. The molecule has 78 valence electrons. The molecule has 1 unspecified atom stereocenters. The van der Waals surface area contributed by atoms with Gasteiger partial charge < -0.3 is 9.80 Å². The van der Waals surface area contributed by atoms with Crippen molar-refractivity contribution in [2.24, 2.45) is 5.92 Å². The fraction of sp³-hybridized carbons (Fsp3) is 0.545. The first kappa shape index (κ1) is 10.8. The highest BCUT2D eigenvalue weighted by Gasteiger charge is 2.23. The second kappa shape index (κ2) is 3.86. The summed E-state index contributed by atoms with van der Waals surface area (Å²) >= 11 is 0. The molecular formula is C11H18N2O. The number of amides is 1. The quantitative estimate of drug-likeness (QED) is 0.630. The van der Waals surface area contributed by atoms with Gasteiger partial charge in [0.1, 0.15) is 0 Å². The van der Waals surface area contributed by atoms with Gasteiger partial charge in [0, 0.05) is 38.3 Å². The Morgan fingerprint density at radius 1 is 1.50 bits per heavy atom. The summed E-state index contributed by atoms with van der Waals surface area (Å²) in [6.45, 7) is 4.03. The van der Waals surface area contributed by atoms with E-state index in [4.69, 9.17) is 0 Å². The van der Waals surface area contributed by atoms with Gasteiger partial charge in [-0.1, -0.05) is 13.0 Å². The number of carbonyl (C=O) groups excluding carboxylic acids is 1. The molecule has 0 saturated carbocycles. The molecule has 0 N–H and O–H groups in total. The lowest BCUT2D eigenvalue weighted by atomic mass is 9.95. The first-order valence-electron chi connectivity index (χ1n) is 4.78. The number of carbonyl (C=O) groups is 1. The van der Waals surface area contributed by atoms with Gasteiger partial charge in [0.05, 0.1) is 0 Å². The maximum Gasteiger partial charge on any atom is 0.251 e. The van der Waals surface area contributed by atoms with Gasteiger partial charge in [-0.2, -0.15) is 0 Å². The standard InChI is InChI=1S/C11H18N2O/c1-8-6-7-13(5)9(2)10(8)11(14)12(3)4/h6-8H,1-5H3. The predicted octanol–water partition coefficient (Wildman–Crippen LogP) is 1.44. The van der Waals surface area contributed by atoms with Crippen LogP contribution in [0.25, 0.3) is 0 Å². The van der Waals surface area contributed by atoms with Gasteiger partial charge in [0.15, 0.2) is 0 Å². The van der Waals surface area contributed by atoms with E-state index in [9.17, 15) is 4.79 Å². The van der Waals surface area contributed by atoms with Gasteiger partial charge in [-0.3, -0.25) is 4.79 Å². The molecule has 1 rings (SSSR count). The van der Waals surface area contributed by atoms with Crippen LogP contribution in [0.3, 0.4) is 0 Å². The summed E-state index contributed by atoms with van der Waals surface area (Å²) in [4.78, 5) is 15.5. The van der Waals surface area contributed by atoms with E-state index in [1.165, 1.54) is 0 Å². The second-order valence-corrected chi connectivity index (χ2v) is 3.94. The molecule has 0 bridgehead atoms. The second-order valence-electron chi connectivity index (χ2n) is 3.94. The van der Waals surface area contributed by atoms with Crippen LogP contribution in [-0.2, 0) is 4.79 Å². The molecule has 0 aromatic rings. The van der Waals surface area contributed by atoms with Gasteiger partial charge in [-0.05, 0) is 13.1 Å². The summed E-state index contributed by atoms with van der Waals surface area (Å²) in [7, 11) is 5.53. The Hall–Kier alpha value is -1.25. The molecule has 0 aliphatic carbocycles. The van der Waals surface area contributed by atoms with Crippen molar-refractivity contribution in [1.29, 1.82) is 0 Å². The molecule has 3 heteroatoms. The van der Waals surface area contributed by atoms with Gasteiger partial charge in [-0.25, -0.2) is 0 Å². The highest BCUT2D eigenvalue weighted by molar-refractivity contribution is 5.94. The van der Waals surface area contributed by atoms with Crippen molar-refractivity contribution in [2.45, 2.75) is 13.8 Å². The van der Waals surface area contributed by atoms with Crippen LogP contribution in [-0.4, -0.2) is 36.9 Å². The highest BCUT2D eigenvalue weighted by atomic mass is 16.2. The molecule has 0 aromatic heterocycles. The highest BCUT2D eigenvalue weighted by Crippen LogP contribution is 2.24. The Morgan fingerprint density at radius 2 is 2.07 bits per heavy atom. The number of likely N-dealkylation sites (N-methyl/N-ethyl adjacent to an activating group) is 1. The van der Waals surface area contributed by atoms with Crippen LogP contribution in [0.1, 0.15) is 13.8 Å². The van der Waals surface area contributed by atoms with E-state index in [-0.39, 0.29) is 11.8 Å². The Balaban J connectivity index is 3.05. The summed E-state index contributed by atoms with van der Waals surface area (Å²) < 4.78 is 0. The predicted molar refractivity (Wildman–Crippen MR) is 57.5 cm³/mol. The van der Waals surface area contributed by atoms with E-state index >= 15 is 0 Å². The van der Waals surface area contributed by atoms with Crippen molar-refractivity contribution in [2.75, 3.05) is 21.1 Å². The summed E-state index contributed by atoms with van der Waals surface area (Å²) in [5.74, 6) is 0.312. The number of allylic oxidation sites excluding steroid dienone is 2. The molecule has 0 saturated heterocycles. The summed E-state index contributed by atoms with van der Waals surface area (Å²) in [5, 5.41) is 0. The van der Waals surface area contributed by atoms with E-state index in [0.717, 1.165) is 11.3 Å². The van der Waals surface area contributed by atoms with Gasteiger partial charge in [-0.15, -0.1) is 0 Å². The third-order valence-corrected chi connectivity index (χ3v) is 2.61. The lowest BCUT2D eigenvalue weighted by Gasteiger charge is -2.28. The Bertz CT molecular complexity index is 302. The maximum absolute atomic E-state index is 11.9. The molecule has 0 radical (unpaired) electrons. The van der Waals surface area contributed by atoms with Crippen LogP contribution in [0.15, 0.2) is 23.5 Å². The molecule has 1 aliphatic heterocycles. The van der Waals surface area contributed by atoms with Crippen LogP contribution < -0.4 is 0 Å². The average Bonchev–Trinajstić information content (AvgIpc) is 2.12. The zero-order valence-corrected chi connectivity index (χ0v) is 9.53. The number of nitrogens with zero attached hydrogens (tertiary/aromatic N) is 2. The van der Waals surface area contributed by atoms with Crippen LogP contribution in [0.5, 0.6) is 0 Å². The minimum Gasteiger partial charge on any atom is -0.355 e. The van der Waals surface area contributed by atoms with Crippen molar-refractivity contribution in [3.05, 3.63) is 23.5 Å². The van der Waals surface area contributed by atoms with Crippen molar-refractivity contribution in [1.82, 2.24) is 9.80 Å². The smallest absolute Gasteiger partial charge is 0.251 e. The number of rotatable bonds is 1. The van der Waals surface area contributed by atoms with Crippen LogP contribution in [0, 0.1) is 5.92 Å². The van der Waals surface area contributed by atoms with E-state index in [1.807, 2.05) is 38.1 Å². The van der Waals surface area contributed by atoms with Gasteiger partial charge in [0.2, 0.25) is 0 Å². The fourth-order valence-corrected chi connectivity index (χ4v) is 1.58. The monoisotopic (exact) mass is 194 g/mol. The largest absolute Gasteiger partial charge is 0.355 e. The maximum atomic E-state index is 11.9. The van der Waals surface area contributed by atoms with Crippen LogP contribution >= 0.6 is 0 Å². The van der Waals surface area contributed by atoms with E-state index in [1.54, 1.807) is 19.0 Å². The molecule has 0 aromatic carbocycles. The first-order chi connectivity index (χ1) is 6.45. The SMILES string of the molecule is CC1=C(C(=O)N(C)C)C(C)C=CN1C. The molecule has 0 spiro atoms. The molecular weight excluding hydrogens is 176 g/mol. The number of hydrogen-bond donors (Lipinski definition) is 0. The molecule has 0 fully saturated rings. The normalized spacial score (nSPS) is 21.5. The van der Waals surface area contributed by atoms with Crippen LogP contribution in [0.2, 0.25) is 0 Å². The molecule has 1 aliphatic rings. The van der Waals surface area contributed by atoms with Gasteiger partial charge in [0.25, 0.3) is 5.91 Å². The zero-order chi connectivity index (χ0) is 10.9. The molecule has 1 heterocycles. The Morgan fingerprint density at radius 3 is 2.57 bits per heavy atom. The van der Waals surface area contributed by atoms with Gasteiger partial charge >= 0.3 is 0 Å². The van der Waals surface area contributed by atoms with Crippen molar-refractivity contribution >= 4 is 5.91 Å². The lowest BCUT2D eigenvalue weighted by molar-refractivity contribution is -0.125. The lowest BCUT2D eigenvalue weighted by Crippen LogP contribution is -2.30. The van der Waals surface area contributed by atoms with E-state index in [0.29, 0.717) is 0 Å². The summed E-state index contributed by atoms with van der Waals surface area (Å²) in [5.41, 5.74) is 1.93. The summed E-state index contributed by atoms with van der Waals surface area (Å²) in [6.07, 6.45) is 4.05. The molecule has 1 atom stereocenters. The van der Waals surface area contributed by atoms with Crippen LogP contribution in [0.4, 0.5) is 0 Å². The molecule has 1 amide bonds. The summed E-state index contributed by atoms with van der Waals surface area (Å²) in [6, 6.07) is 0. The Kier molecular flexibility index (Phi) is 2.99. The minimum atomic E-state index is 0.103. The van der Waals surface area contributed by atoms with E-state index < -0.39 is 0 Å². The molecule has 3 nitrogen and oxygen atoms in total. The Labute approximate surface area is 85.7 Å². The topological polar surface area (TPSA) is 23.6 Å². The van der Waals surface area contributed by atoms with Crippen molar-refractivity contribution < 1.29 is 4.79 Å². The third-order valence-electron chi connectivity index (χ3n) is 2.61.